The molecule has 3 N–H and O–H groups in total. The topological polar surface area (TPSA) is 90.9 Å². The zero-order chi connectivity index (χ0) is 14.8. The van der Waals surface area contributed by atoms with E-state index in [9.17, 15) is 0 Å². The van der Waals surface area contributed by atoms with E-state index >= 15 is 0 Å². The van der Waals surface area contributed by atoms with E-state index in [0.29, 0.717) is 24.4 Å². The highest BCUT2D eigenvalue weighted by molar-refractivity contribution is 5.86. The predicted octanol–water partition coefficient (Wildman–Crippen LogP) is 1.74. The zero-order valence-corrected chi connectivity index (χ0v) is 12.5. The van der Waals surface area contributed by atoms with E-state index < -0.39 is 0 Å². The smallest absolute Gasteiger partial charge is 0.163 e. The van der Waals surface area contributed by atoms with Crippen LogP contribution in [0.2, 0.25) is 0 Å². The molecule has 3 rings (SSSR count). The summed E-state index contributed by atoms with van der Waals surface area (Å²) in [6.45, 7) is 2.71. The van der Waals surface area contributed by atoms with E-state index in [-0.39, 0.29) is 0 Å². The molecule has 0 bridgehead atoms. The first-order chi connectivity index (χ1) is 10.2. The van der Waals surface area contributed by atoms with Gasteiger partial charge < -0.3 is 10.2 Å². The highest BCUT2D eigenvalue weighted by atomic mass is 16.5. The van der Waals surface area contributed by atoms with Crippen molar-refractivity contribution in [1.29, 1.82) is 0 Å². The molecule has 7 heteroatoms. The highest BCUT2D eigenvalue weighted by Crippen LogP contribution is 2.26. The summed E-state index contributed by atoms with van der Waals surface area (Å²) >= 11 is 0. The Balaban J connectivity index is 1.73. The molecule has 2 aromatic rings. The molecule has 0 amide bonds. The molecule has 1 aliphatic rings. The van der Waals surface area contributed by atoms with Crippen molar-refractivity contribution in [3.63, 3.8) is 0 Å². The average Bonchev–Trinajstić information content (AvgIpc) is 2.87. The van der Waals surface area contributed by atoms with Gasteiger partial charge in [0.05, 0.1) is 17.7 Å². The Labute approximate surface area is 123 Å². The lowest BCUT2D eigenvalue weighted by Gasteiger charge is -2.26. The molecule has 0 atom stereocenters. The molecule has 114 valence electrons. The highest BCUT2D eigenvalue weighted by Gasteiger charge is 2.19. The number of fused-ring (bicyclic) bond motifs is 1. The molecule has 0 aromatic carbocycles. The minimum absolute atomic E-state index is 0.321. The normalized spacial score (nSPS) is 22.6. The Hall–Kier alpha value is -1.73. The Morgan fingerprint density at radius 2 is 2.10 bits per heavy atom. The van der Waals surface area contributed by atoms with E-state index in [0.717, 1.165) is 29.8 Å². The fraction of sp³-hybridized carbons (Fsp3) is 0.643. The second-order valence-electron chi connectivity index (χ2n) is 5.83. The number of nitrogen functional groups attached to an aromatic ring is 1. The fourth-order valence-electron chi connectivity index (χ4n) is 2.83. The van der Waals surface area contributed by atoms with Gasteiger partial charge in [-0.25, -0.2) is 15.8 Å². The van der Waals surface area contributed by atoms with Gasteiger partial charge in [-0.1, -0.05) is 6.92 Å². The van der Waals surface area contributed by atoms with Gasteiger partial charge in [-0.15, -0.1) is 0 Å². The maximum atomic E-state index is 5.96. The number of hydrazine groups is 1. The summed E-state index contributed by atoms with van der Waals surface area (Å²) in [6, 6.07) is 0. The van der Waals surface area contributed by atoms with E-state index in [2.05, 4.69) is 27.4 Å². The quantitative estimate of drug-likeness (QED) is 0.658. The number of aromatic nitrogens is 4. The van der Waals surface area contributed by atoms with Crippen LogP contribution in [0.3, 0.4) is 0 Å². The summed E-state index contributed by atoms with van der Waals surface area (Å²) in [6.07, 6.45) is 6.75. The van der Waals surface area contributed by atoms with E-state index in [1.807, 2.05) is 7.05 Å². The summed E-state index contributed by atoms with van der Waals surface area (Å²) in [5.74, 6) is 7.57. The largest absolute Gasteiger partial charge is 0.370 e. The number of aryl methyl sites for hydroxylation is 1. The van der Waals surface area contributed by atoms with E-state index in [1.54, 1.807) is 10.9 Å². The molecule has 1 aliphatic carbocycles. The third-order valence-corrected chi connectivity index (χ3v) is 4.19. The van der Waals surface area contributed by atoms with Crippen molar-refractivity contribution in [2.45, 2.75) is 45.3 Å². The zero-order valence-electron chi connectivity index (χ0n) is 12.5. The van der Waals surface area contributed by atoms with Crippen LogP contribution in [0.4, 0.5) is 5.82 Å². The van der Waals surface area contributed by atoms with Gasteiger partial charge >= 0.3 is 0 Å². The average molecular weight is 290 g/mol. The number of anilines is 1. The molecule has 7 nitrogen and oxygen atoms in total. The summed E-state index contributed by atoms with van der Waals surface area (Å²) in [5.41, 5.74) is 3.37. The third-order valence-electron chi connectivity index (χ3n) is 4.19. The van der Waals surface area contributed by atoms with Gasteiger partial charge in [0.25, 0.3) is 0 Å². The lowest BCUT2D eigenvalue weighted by Crippen LogP contribution is -2.21. The van der Waals surface area contributed by atoms with Crippen LogP contribution in [0.25, 0.3) is 11.0 Å². The Kier molecular flexibility index (Phi) is 4.03. The van der Waals surface area contributed by atoms with Gasteiger partial charge in [0.15, 0.2) is 17.3 Å². The second-order valence-corrected chi connectivity index (χ2v) is 5.83. The number of ether oxygens (including phenoxy) is 1. The van der Waals surface area contributed by atoms with Crippen LogP contribution in [-0.2, 0) is 18.4 Å². The molecular weight excluding hydrogens is 268 g/mol. The Morgan fingerprint density at radius 1 is 1.33 bits per heavy atom. The van der Waals surface area contributed by atoms with Gasteiger partial charge in [0, 0.05) is 7.05 Å². The first kappa shape index (κ1) is 14.2. The van der Waals surface area contributed by atoms with Crippen molar-refractivity contribution in [3.8, 4) is 0 Å². The van der Waals surface area contributed by atoms with E-state index in [1.165, 1.54) is 12.8 Å². The van der Waals surface area contributed by atoms with Crippen molar-refractivity contribution in [2.24, 2.45) is 18.8 Å². The molecule has 0 aliphatic heterocycles. The molecule has 0 unspecified atom stereocenters. The summed E-state index contributed by atoms with van der Waals surface area (Å²) < 4.78 is 7.67. The molecule has 0 radical (unpaired) electrons. The van der Waals surface area contributed by atoms with Crippen LogP contribution in [0.15, 0.2) is 6.20 Å². The summed E-state index contributed by atoms with van der Waals surface area (Å²) in [7, 11) is 1.85. The maximum Gasteiger partial charge on any atom is 0.163 e. The van der Waals surface area contributed by atoms with Crippen LogP contribution in [0.1, 0.15) is 38.4 Å². The van der Waals surface area contributed by atoms with Crippen molar-refractivity contribution in [3.05, 3.63) is 12.0 Å². The van der Waals surface area contributed by atoms with Crippen molar-refractivity contribution in [2.75, 3.05) is 5.43 Å². The van der Waals surface area contributed by atoms with Crippen molar-refractivity contribution in [1.82, 2.24) is 19.7 Å². The minimum atomic E-state index is 0.321. The monoisotopic (exact) mass is 290 g/mol. The van der Waals surface area contributed by atoms with Crippen LogP contribution in [-0.4, -0.2) is 25.9 Å². The SMILES string of the molecule is CC1CCC(OCc2nc(NN)c3cnn(C)c3n2)CC1. The van der Waals surface area contributed by atoms with Crippen LogP contribution < -0.4 is 11.3 Å². The second kappa shape index (κ2) is 5.95. The molecule has 21 heavy (non-hydrogen) atoms. The van der Waals surface area contributed by atoms with Gasteiger partial charge in [0.1, 0.15) is 6.61 Å². The third kappa shape index (κ3) is 2.98. The number of rotatable bonds is 4. The van der Waals surface area contributed by atoms with Crippen LogP contribution >= 0.6 is 0 Å². The van der Waals surface area contributed by atoms with Crippen LogP contribution in [0, 0.1) is 5.92 Å². The molecule has 1 saturated carbocycles. The molecule has 2 heterocycles. The molecule has 0 saturated heterocycles. The number of nitrogens with one attached hydrogen (secondary N) is 1. The minimum Gasteiger partial charge on any atom is -0.370 e. The first-order valence-corrected chi connectivity index (χ1v) is 7.44. The number of nitrogens with two attached hydrogens (primary N) is 1. The van der Waals surface area contributed by atoms with Crippen LogP contribution in [0.5, 0.6) is 0 Å². The Bertz CT molecular complexity index is 617. The van der Waals surface area contributed by atoms with Gasteiger partial charge in [-0.05, 0) is 31.6 Å². The number of hydrogen-bond donors (Lipinski definition) is 2. The van der Waals surface area contributed by atoms with Gasteiger partial charge in [0.2, 0.25) is 0 Å². The molecule has 2 aromatic heterocycles. The molecule has 1 fully saturated rings. The fourth-order valence-corrected chi connectivity index (χ4v) is 2.83. The number of hydrogen-bond acceptors (Lipinski definition) is 6. The van der Waals surface area contributed by atoms with Gasteiger partial charge in [-0.3, -0.25) is 4.68 Å². The Morgan fingerprint density at radius 3 is 2.81 bits per heavy atom. The van der Waals surface area contributed by atoms with Crippen molar-refractivity contribution < 1.29 is 4.74 Å². The maximum absolute atomic E-state index is 5.96. The van der Waals surface area contributed by atoms with E-state index in [4.69, 9.17) is 10.6 Å². The first-order valence-electron chi connectivity index (χ1n) is 7.44. The lowest BCUT2D eigenvalue weighted by molar-refractivity contribution is 0.00580. The lowest BCUT2D eigenvalue weighted by atomic mass is 9.89. The summed E-state index contributed by atoms with van der Waals surface area (Å²) in [5, 5.41) is 5.00. The molecular formula is C14H22N6O. The standard InChI is InChI=1S/C14H22N6O/c1-9-3-5-10(6-4-9)21-8-12-17-13(19-15)11-7-16-20(2)14(11)18-12/h7,9-10H,3-6,8,15H2,1-2H3,(H,17,18,19). The summed E-state index contributed by atoms with van der Waals surface area (Å²) in [4.78, 5) is 8.92. The molecule has 0 spiro atoms. The van der Waals surface area contributed by atoms with Crippen molar-refractivity contribution >= 4 is 16.9 Å². The number of nitrogens with zero attached hydrogens (tertiary/aromatic N) is 4. The van der Waals surface area contributed by atoms with Gasteiger partial charge in [-0.2, -0.15) is 5.10 Å². The predicted molar refractivity (Wildman–Crippen MR) is 80.3 cm³/mol.